The zero-order valence-electron chi connectivity index (χ0n) is 12.4. The van der Waals surface area contributed by atoms with Crippen LogP contribution in [0.2, 0.25) is 0 Å². The topological polar surface area (TPSA) is 95.9 Å². The van der Waals surface area contributed by atoms with Gasteiger partial charge in [-0.3, -0.25) is 9.59 Å². The number of amides is 1. The standard InChI is InChI=1S/C14H25NO5/c1-10(2)13(3,12(18)19)8-11(17)15-14(9-16)4-6-20-7-5-14/h10,16H,4-9H2,1-3H3,(H,15,17)(H,18,19). The molecule has 1 rings (SSSR count). The number of aliphatic hydroxyl groups excluding tert-OH is 1. The van der Waals surface area contributed by atoms with Gasteiger partial charge in [0.15, 0.2) is 0 Å². The Kier molecular flexibility index (Phi) is 5.53. The molecule has 1 aliphatic heterocycles. The van der Waals surface area contributed by atoms with Crippen LogP contribution in [0.4, 0.5) is 0 Å². The Labute approximate surface area is 119 Å². The molecule has 1 amide bonds. The number of rotatable bonds is 6. The summed E-state index contributed by atoms with van der Waals surface area (Å²) < 4.78 is 5.23. The quantitative estimate of drug-likeness (QED) is 0.671. The van der Waals surface area contributed by atoms with Crippen LogP contribution >= 0.6 is 0 Å². The molecule has 6 heteroatoms. The summed E-state index contributed by atoms with van der Waals surface area (Å²) in [6.07, 6.45) is 0.990. The average molecular weight is 287 g/mol. The van der Waals surface area contributed by atoms with Gasteiger partial charge < -0.3 is 20.3 Å². The van der Waals surface area contributed by atoms with E-state index in [1.807, 2.05) is 0 Å². The minimum absolute atomic E-state index is 0.0946. The summed E-state index contributed by atoms with van der Waals surface area (Å²) in [5, 5.41) is 21.7. The van der Waals surface area contributed by atoms with Gasteiger partial charge in [0.05, 0.1) is 17.6 Å². The van der Waals surface area contributed by atoms with Crippen molar-refractivity contribution in [3.8, 4) is 0 Å². The van der Waals surface area contributed by atoms with Gasteiger partial charge in [0.2, 0.25) is 5.91 Å². The molecule has 0 aromatic carbocycles. The molecule has 0 aromatic heterocycles. The minimum Gasteiger partial charge on any atom is -0.481 e. The van der Waals surface area contributed by atoms with Crippen molar-refractivity contribution in [2.24, 2.45) is 11.3 Å². The van der Waals surface area contributed by atoms with Gasteiger partial charge in [-0.05, 0) is 25.7 Å². The number of carboxylic acid groups (broad SMARTS) is 1. The number of carboxylic acids is 1. The van der Waals surface area contributed by atoms with E-state index < -0.39 is 16.9 Å². The van der Waals surface area contributed by atoms with Gasteiger partial charge in [0.25, 0.3) is 0 Å². The first kappa shape index (κ1) is 16.9. The lowest BCUT2D eigenvalue weighted by atomic mass is 9.76. The lowest BCUT2D eigenvalue weighted by molar-refractivity contribution is -0.154. The Morgan fingerprint density at radius 1 is 1.35 bits per heavy atom. The molecular formula is C14H25NO5. The minimum atomic E-state index is -1.11. The first-order valence-electron chi connectivity index (χ1n) is 6.99. The zero-order valence-corrected chi connectivity index (χ0v) is 12.4. The van der Waals surface area contributed by atoms with Gasteiger partial charge in [-0.1, -0.05) is 13.8 Å². The second-order valence-corrected chi connectivity index (χ2v) is 6.15. The van der Waals surface area contributed by atoms with Gasteiger partial charge in [0, 0.05) is 19.6 Å². The predicted molar refractivity (Wildman–Crippen MR) is 73.2 cm³/mol. The summed E-state index contributed by atoms with van der Waals surface area (Å²) in [5.41, 5.74) is -1.78. The Morgan fingerprint density at radius 3 is 2.30 bits per heavy atom. The predicted octanol–water partition coefficient (Wildman–Crippen LogP) is 0.781. The van der Waals surface area contributed by atoms with E-state index >= 15 is 0 Å². The first-order valence-corrected chi connectivity index (χ1v) is 6.99. The van der Waals surface area contributed by atoms with Crippen molar-refractivity contribution in [1.29, 1.82) is 0 Å². The lowest BCUT2D eigenvalue weighted by Gasteiger charge is -2.37. The summed E-state index contributed by atoms with van der Waals surface area (Å²) in [4.78, 5) is 23.6. The summed E-state index contributed by atoms with van der Waals surface area (Å²) in [6.45, 7) is 5.97. The van der Waals surface area contributed by atoms with Crippen LogP contribution in [-0.4, -0.2) is 47.4 Å². The highest BCUT2D eigenvalue weighted by molar-refractivity contribution is 5.85. The highest BCUT2D eigenvalue weighted by atomic mass is 16.5. The number of hydrogen-bond donors (Lipinski definition) is 3. The number of nitrogens with one attached hydrogen (secondary N) is 1. The maximum absolute atomic E-state index is 12.2. The SMILES string of the molecule is CC(C)C(C)(CC(=O)NC1(CO)CCOCC1)C(=O)O. The number of hydrogen-bond acceptors (Lipinski definition) is 4. The second kappa shape index (κ2) is 6.54. The zero-order chi connectivity index (χ0) is 15.4. The Morgan fingerprint density at radius 2 is 1.90 bits per heavy atom. The third-order valence-corrected chi connectivity index (χ3v) is 4.45. The van der Waals surface area contributed by atoms with Crippen LogP contribution in [-0.2, 0) is 14.3 Å². The van der Waals surface area contributed by atoms with E-state index in [4.69, 9.17) is 4.74 Å². The number of aliphatic carboxylic acids is 1. The third-order valence-electron chi connectivity index (χ3n) is 4.45. The molecule has 20 heavy (non-hydrogen) atoms. The maximum atomic E-state index is 12.2. The van der Waals surface area contributed by atoms with Crippen molar-refractivity contribution >= 4 is 11.9 Å². The van der Waals surface area contributed by atoms with E-state index in [9.17, 15) is 19.8 Å². The van der Waals surface area contributed by atoms with Crippen LogP contribution in [0, 0.1) is 11.3 Å². The monoisotopic (exact) mass is 287 g/mol. The molecule has 116 valence electrons. The largest absolute Gasteiger partial charge is 0.481 e. The maximum Gasteiger partial charge on any atom is 0.310 e. The highest BCUT2D eigenvalue weighted by Crippen LogP contribution is 2.32. The average Bonchev–Trinajstić information content (AvgIpc) is 2.38. The summed E-state index contributed by atoms with van der Waals surface area (Å²) in [7, 11) is 0. The van der Waals surface area contributed by atoms with Crippen LogP contribution in [0.25, 0.3) is 0 Å². The number of carbonyl (C=O) groups excluding carboxylic acids is 1. The van der Waals surface area contributed by atoms with Crippen LogP contribution in [0.5, 0.6) is 0 Å². The van der Waals surface area contributed by atoms with Crippen LogP contribution in [0.1, 0.15) is 40.0 Å². The smallest absolute Gasteiger partial charge is 0.310 e. The molecule has 1 unspecified atom stereocenters. The van der Waals surface area contributed by atoms with Crippen molar-refractivity contribution in [3.05, 3.63) is 0 Å². The van der Waals surface area contributed by atoms with Gasteiger partial charge in [-0.15, -0.1) is 0 Å². The molecule has 0 aliphatic carbocycles. The van der Waals surface area contributed by atoms with E-state index in [0.717, 1.165) is 0 Å². The van der Waals surface area contributed by atoms with E-state index in [2.05, 4.69) is 5.32 Å². The van der Waals surface area contributed by atoms with Crippen LogP contribution in [0.15, 0.2) is 0 Å². The molecule has 0 saturated carbocycles. The summed E-state index contributed by atoms with van der Waals surface area (Å²) in [5.74, 6) is -1.47. The van der Waals surface area contributed by atoms with Gasteiger partial charge >= 0.3 is 5.97 Å². The summed E-state index contributed by atoms with van der Waals surface area (Å²) >= 11 is 0. The molecule has 1 saturated heterocycles. The normalized spacial score (nSPS) is 21.2. The molecule has 1 heterocycles. The molecule has 0 radical (unpaired) electrons. The third kappa shape index (κ3) is 3.70. The van der Waals surface area contributed by atoms with Gasteiger partial charge in [-0.25, -0.2) is 0 Å². The number of aliphatic hydroxyl groups is 1. The van der Waals surface area contributed by atoms with Crippen molar-refractivity contribution < 1.29 is 24.5 Å². The van der Waals surface area contributed by atoms with Crippen molar-refractivity contribution in [2.45, 2.75) is 45.6 Å². The van der Waals surface area contributed by atoms with Gasteiger partial charge in [-0.2, -0.15) is 0 Å². The number of ether oxygens (including phenoxy) is 1. The van der Waals surface area contributed by atoms with Crippen LogP contribution < -0.4 is 5.32 Å². The molecule has 0 bridgehead atoms. The van der Waals surface area contributed by atoms with Crippen molar-refractivity contribution in [1.82, 2.24) is 5.32 Å². The fourth-order valence-electron chi connectivity index (χ4n) is 2.28. The Balaban J connectivity index is 2.72. The second-order valence-electron chi connectivity index (χ2n) is 6.15. The highest BCUT2D eigenvalue weighted by Gasteiger charge is 2.41. The van der Waals surface area contributed by atoms with Crippen molar-refractivity contribution in [3.63, 3.8) is 0 Å². The molecular weight excluding hydrogens is 262 g/mol. The fraction of sp³-hybridized carbons (Fsp3) is 0.857. The van der Waals surface area contributed by atoms with Gasteiger partial charge in [0.1, 0.15) is 0 Å². The molecule has 1 aliphatic rings. The van der Waals surface area contributed by atoms with E-state index in [0.29, 0.717) is 26.1 Å². The van der Waals surface area contributed by atoms with E-state index in [1.54, 1.807) is 20.8 Å². The molecule has 0 aromatic rings. The molecule has 0 spiro atoms. The van der Waals surface area contributed by atoms with Crippen LogP contribution in [0.3, 0.4) is 0 Å². The Bertz CT molecular complexity index is 363. The van der Waals surface area contributed by atoms with E-state index in [-0.39, 0.29) is 24.9 Å². The Hall–Kier alpha value is -1.14. The molecule has 1 fully saturated rings. The fourth-order valence-corrected chi connectivity index (χ4v) is 2.28. The molecule has 3 N–H and O–H groups in total. The summed E-state index contributed by atoms with van der Waals surface area (Å²) in [6, 6.07) is 0. The first-order chi connectivity index (χ1) is 9.26. The number of carbonyl (C=O) groups is 2. The molecule has 1 atom stereocenters. The lowest BCUT2D eigenvalue weighted by Crippen LogP contribution is -2.55. The molecule has 6 nitrogen and oxygen atoms in total. The van der Waals surface area contributed by atoms with E-state index in [1.165, 1.54) is 0 Å². The van der Waals surface area contributed by atoms with Crippen molar-refractivity contribution in [2.75, 3.05) is 19.8 Å².